The molecule has 0 spiro atoms. The number of hydrogen-bond donors (Lipinski definition) is 2. The molecule has 0 bridgehead atoms. The van der Waals surface area contributed by atoms with Crippen molar-refractivity contribution in [3.63, 3.8) is 0 Å². The summed E-state index contributed by atoms with van der Waals surface area (Å²) >= 11 is 0. The van der Waals surface area contributed by atoms with Crippen LogP contribution in [0.5, 0.6) is 5.75 Å². The third kappa shape index (κ3) is 4.47. The van der Waals surface area contributed by atoms with Crippen molar-refractivity contribution in [3.8, 4) is 5.75 Å². The van der Waals surface area contributed by atoms with Gasteiger partial charge in [-0.05, 0) is 47.5 Å². The standard InChI is InChI=1S/C18H20N2O3.ClH/c1-22-8-9-23-17-6-4-16(5-7-17)20-18(21)13-2-3-14-11-19-12-15(14)10-13;/h2-7,10,19H,8-9,11-12H2,1H3,(H,20,21);1H. The number of fused-ring (bicyclic) bond motifs is 1. The molecule has 24 heavy (non-hydrogen) atoms. The molecule has 0 aliphatic carbocycles. The Labute approximate surface area is 147 Å². The minimum atomic E-state index is -0.104. The Morgan fingerprint density at radius 2 is 1.83 bits per heavy atom. The second kappa shape index (κ2) is 8.68. The third-order valence-corrected chi connectivity index (χ3v) is 3.77. The molecule has 0 radical (unpaired) electrons. The predicted octanol–water partition coefficient (Wildman–Crippen LogP) is 2.99. The lowest BCUT2D eigenvalue weighted by molar-refractivity contribution is 0.102. The van der Waals surface area contributed by atoms with Crippen molar-refractivity contribution in [2.45, 2.75) is 13.1 Å². The number of ether oxygens (including phenoxy) is 2. The Morgan fingerprint density at radius 3 is 2.58 bits per heavy atom. The zero-order chi connectivity index (χ0) is 16.1. The zero-order valence-corrected chi connectivity index (χ0v) is 14.3. The minimum Gasteiger partial charge on any atom is -0.491 e. The van der Waals surface area contributed by atoms with E-state index in [-0.39, 0.29) is 18.3 Å². The highest BCUT2D eigenvalue weighted by atomic mass is 35.5. The van der Waals surface area contributed by atoms with E-state index in [0.717, 1.165) is 24.5 Å². The lowest BCUT2D eigenvalue weighted by Crippen LogP contribution is -2.12. The minimum absolute atomic E-state index is 0. The van der Waals surface area contributed by atoms with Gasteiger partial charge in [0.15, 0.2) is 0 Å². The summed E-state index contributed by atoms with van der Waals surface area (Å²) in [7, 11) is 1.64. The largest absolute Gasteiger partial charge is 0.491 e. The van der Waals surface area contributed by atoms with Crippen LogP contribution in [0.15, 0.2) is 42.5 Å². The molecule has 128 valence electrons. The molecule has 0 saturated carbocycles. The van der Waals surface area contributed by atoms with Crippen molar-refractivity contribution >= 4 is 24.0 Å². The molecule has 1 heterocycles. The van der Waals surface area contributed by atoms with Crippen LogP contribution >= 0.6 is 12.4 Å². The van der Waals surface area contributed by atoms with E-state index in [1.54, 1.807) is 7.11 Å². The molecule has 2 aromatic carbocycles. The van der Waals surface area contributed by atoms with Crippen LogP contribution in [0.25, 0.3) is 0 Å². The Kier molecular flexibility index (Phi) is 6.61. The maximum absolute atomic E-state index is 12.3. The number of benzene rings is 2. The van der Waals surface area contributed by atoms with Crippen LogP contribution in [0, 0.1) is 0 Å². The fourth-order valence-electron chi connectivity index (χ4n) is 2.52. The highest BCUT2D eigenvalue weighted by molar-refractivity contribution is 6.04. The first-order valence-electron chi connectivity index (χ1n) is 7.62. The van der Waals surface area contributed by atoms with Crippen LogP contribution in [-0.4, -0.2) is 26.2 Å². The van der Waals surface area contributed by atoms with E-state index in [4.69, 9.17) is 9.47 Å². The number of amides is 1. The SMILES string of the molecule is COCCOc1ccc(NC(=O)c2ccc3c(c2)CNC3)cc1.Cl. The molecule has 1 amide bonds. The lowest BCUT2D eigenvalue weighted by atomic mass is 10.1. The Balaban J connectivity index is 0.00000208. The van der Waals surface area contributed by atoms with Gasteiger partial charge in [0.25, 0.3) is 5.91 Å². The first-order valence-corrected chi connectivity index (χ1v) is 7.62. The molecule has 1 aliphatic rings. The summed E-state index contributed by atoms with van der Waals surface area (Å²) in [4.78, 5) is 12.3. The van der Waals surface area contributed by atoms with Crippen molar-refractivity contribution in [1.82, 2.24) is 5.32 Å². The average molecular weight is 349 g/mol. The second-order valence-corrected chi connectivity index (χ2v) is 5.41. The van der Waals surface area contributed by atoms with Crippen molar-refractivity contribution in [1.29, 1.82) is 0 Å². The van der Waals surface area contributed by atoms with Crippen molar-refractivity contribution < 1.29 is 14.3 Å². The summed E-state index contributed by atoms with van der Waals surface area (Å²) in [5, 5.41) is 6.18. The molecular weight excluding hydrogens is 328 g/mol. The van der Waals surface area contributed by atoms with Crippen molar-refractivity contribution in [3.05, 3.63) is 59.2 Å². The van der Waals surface area contributed by atoms with Gasteiger partial charge >= 0.3 is 0 Å². The highest BCUT2D eigenvalue weighted by Gasteiger charge is 2.13. The van der Waals surface area contributed by atoms with Gasteiger partial charge in [0.05, 0.1) is 6.61 Å². The molecule has 0 fully saturated rings. The number of rotatable bonds is 6. The van der Waals surface area contributed by atoms with E-state index >= 15 is 0 Å². The molecule has 0 aromatic heterocycles. The zero-order valence-electron chi connectivity index (χ0n) is 13.5. The van der Waals surface area contributed by atoms with Gasteiger partial charge in [0, 0.05) is 31.5 Å². The van der Waals surface area contributed by atoms with E-state index in [2.05, 4.69) is 10.6 Å². The Hall–Kier alpha value is -2.08. The van der Waals surface area contributed by atoms with E-state index in [0.29, 0.717) is 18.8 Å². The average Bonchev–Trinajstić information content (AvgIpc) is 3.04. The molecule has 0 unspecified atom stereocenters. The molecular formula is C18H21ClN2O3. The summed E-state index contributed by atoms with van der Waals surface area (Å²) in [6.07, 6.45) is 0. The first kappa shape index (κ1) is 18.3. The summed E-state index contributed by atoms with van der Waals surface area (Å²) in [6, 6.07) is 13.1. The third-order valence-electron chi connectivity index (χ3n) is 3.77. The van der Waals surface area contributed by atoms with E-state index in [1.165, 1.54) is 11.1 Å². The van der Waals surface area contributed by atoms with E-state index in [1.807, 2.05) is 42.5 Å². The molecule has 6 heteroatoms. The van der Waals surface area contributed by atoms with E-state index in [9.17, 15) is 4.79 Å². The summed E-state index contributed by atoms with van der Waals surface area (Å²) in [5.41, 5.74) is 3.87. The number of carbonyl (C=O) groups is 1. The molecule has 2 aromatic rings. The number of nitrogens with one attached hydrogen (secondary N) is 2. The lowest BCUT2D eigenvalue weighted by Gasteiger charge is -2.09. The topological polar surface area (TPSA) is 59.6 Å². The van der Waals surface area contributed by atoms with Gasteiger partial charge in [-0.15, -0.1) is 12.4 Å². The smallest absolute Gasteiger partial charge is 0.255 e. The van der Waals surface area contributed by atoms with E-state index < -0.39 is 0 Å². The summed E-state index contributed by atoms with van der Waals surface area (Å²) < 4.78 is 10.4. The number of anilines is 1. The molecule has 2 N–H and O–H groups in total. The highest BCUT2D eigenvalue weighted by Crippen LogP contribution is 2.19. The maximum Gasteiger partial charge on any atom is 0.255 e. The predicted molar refractivity (Wildman–Crippen MR) is 96.0 cm³/mol. The van der Waals surface area contributed by atoms with Crippen LogP contribution in [-0.2, 0) is 17.8 Å². The van der Waals surface area contributed by atoms with Crippen LogP contribution in [0.3, 0.4) is 0 Å². The van der Waals surface area contributed by atoms with Crippen LogP contribution in [0.1, 0.15) is 21.5 Å². The van der Waals surface area contributed by atoms with Gasteiger partial charge in [0.1, 0.15) is 12.4 Å². The van der Waals surface area contributed by atoms with Gasteiger partial charge in [-0.2, -0.15) is 0 Å². The number of carbonyl (C=O) groups excluding carboxylic acids is 1. The van der Waals surface area contributed by atoms with Gasteiger partial charge in [-0.3, -0.25) is 4.79 Å². The first-order chi connectivity index (χ1) is 11.3. The van der Waals surface area contributed by atoms with Crippen molar-refractivity contribution in [2.75, 3.05) is 25.6 Å². The quantitative estimate of drug-likeness (QED) is 0.788. The van der Waals surface area contributed by atoms with Crippen molar-refractivity contribution in [2.24, 2.45) is 0 Å². The molecule has 5 nitrogen and oxygen atoms in total. The maximum atomic E-state index is 12.3. The molecule has 1 aliphatic heterocycles. The number of halogens is 1. The molecule has 0 saturated heterocycles. The van der Waals surface area contributed by atoms with Crippen LogP contribution in [0.4, 0.5) is 5.69 Å². The summed E-state index contributed by atoms with van der Waals surface area (Å²) in [5.74, 6) is 0.649. The van der Waals surface area contributed by atoms with Gasteiger partial charge in [0.2, 0.25) is 0 Å². The normalized spacial score (nSPS) is 12.2. The fourth-order valence-corrected chi connectivity index (χ4v) is 2.52. The van der Waals surface area contributed by atoms with Gasteiger partial charge < -0.3 is 20.1 Å². The Bertz CT molecular complexity index is 689. The summed E-state index contributed by atoms with van der Waals surface area (Å²) in [6.45, 7) is 2.75. The van der Waals surface area contributed by atoms with Crippen LogP contribution in [0.2, 0.25) is 0 Å². The Morgan fingerprint density at radius 1 is 1.08 bits per heavy atom. The molecule has 0 atom stereocenters. The second-order valence-electron chi connectivity index (χ2n) is 5.41. The number of methoxy groups -OCH3 is 1. The number of hydrogen-bond acceptors (Lipinski definition) is 4. The molecule has 3 rings (SSSR count). The van der Waals surface area contributed by atoms with Gasteiger partial charge in [-0.1, -0.05) is 6.07 Å². The monoisotopic (exact) mass is 348 g/mol. The fraction of sp³-hybridized carbons (Fsp3) is 0.278. The van der Waals surface area contributed by atoms with Gasteiger partial charge in [-0.25, -0.2) is 0 Å². The van der Waals surface area contributed by atoms with Crippen LogP contribution < -0.4 is 15.4 Å².